The average Bonchev–Trinajstić information content (AvgIpc) is 3.14. The van der Waals surface area contributed by atoms with Gasteiger partial charge in [0.1, 0.15) is 12.3 Å². The molecule has 134 valence electrons. The fourth-order valence-corrected chi connectivity index (χ4v) is 3.35. The Kier molecular flexibility index (Phi) is 4.41. The third-order valence-electron chi connectivity index (χ3n) is 4.67. The van der Waals surface area contributed by atoms with Gasteiger partial charge < -0.3 is 14.4 Å². The molecule has 0 unspecified atom stereocenters. The number of benzene rings is 1. The van der Waals surface area contributed by atoms with Crippen molar-refractivity contribution in [2.45, 2.75) is 38.3 Å². The van der Waals surface area contributed by atoms with Crippen LogP contribution in [0.3, 0.4) is 0 Å². The van der Waals surface area contributed by atoms with Crippen molar-refractivity contribution >= 4 is 17.9 Å². The smallest absolute Gasteiger partial charge is 0.418 e. The van der Waals surface area contributed by atoms with Crippen LogP contribution in [0.2, 0.25) is 0 Å². The van der Waals surface area contributed by atoms with Crippen LogP contribution in [-0.2, 0) is 14.3 Å². The van der Waals surface area contributed by atoms with Gasteiger partial charge in [-0.3, -0.25) is 9.59 Å². The standard InChI is InChI=1S/C18H22N2O5/c1-18(2)16(22)20(17(23)25-18)11-15(21)19-9-5-8-14(19)12-6-4-7-13(10-12)24-3/h4,6-7,10,14H,5,8-9,11H2,1-3H3/t14-/m0/s1. The van der Waals surface area contributed by atoms with Gasteiger partial charge in [-0.2, -0.15) is 0 Å². The normalized spacial score (nSPS) is 22.3. The van der Waals surface area contributed by atoms with E-state index in [0.717, 1.165) is 29.1 Å². The zero-order chi connectivity index (χ0) is 18.2. The van der Waals surface area contributed by atoms with E-state index in [9.17, 15) is 14.4 Å². The lowest BCUT2D eigenvalue weighted by atomic mass is 10.0. The number of nitrogens with zero attached hydrogens (tertiary/aromatic N) is 2. The molecule has 1 aromatic carbocycles. The van der Waals surface area contributed by atoms with Gasteiger partial charge in [0.25, 0.3) is 5.91 Å². The minimum atomic E-state index is -1.21. The number of ether oxygens (including phenoxy) is 2. The van der Waals surface area contributed by atoms with Crippen LogP contribution in [0.5, 0.6) is 5.75 Å². The molecule has 0 spiro atoms. The van der Waals surface area contributed by atoms with Crippen molar-refractivity contribution in [2.75, 3.05) is 20.2 Å². The fraction of sp³-hybridized carbons (Fsp3) is 0.500. The Balaban J connectivity index is 1.75. The van der Waals surface area contributed by atoms with Gasteiger partial charge in [-0.15, -0.1) is 0 Å². The second-order valence-corrected chi connectivity index (χ2v) is 6.79. The first-order chi connectivity index (χ1) is 11.8. The van der Waals surface area contributed by atoms with E-state index in [2.05, 4.69) is 0 Å². The molecule has 25 heavy (non-hydrogen) atoms. The minimum Gasteiger partial charge on any atom is -0.497 e. The highest BCUT2D eigenvalue weighted by Crippen LogP contribution is 2.34. The Labute approximate surface area is 146 Å². The van der Waals surface area contributed by atoms with Gasteiger partial charge in [0.05, 0.1) is 13.2 Å². The molecule has 0 aromatic heterocycles. The number of amides is 3. The second-order valence-electron chi connectivity index (χ2n) is 6.79. The van der Waals surface area contributed by atoms with Crippen LogP contribution in [0, 0.1) is 0 Å². The summed E-state index contributed by atoms with van der Waals surface area (Å²) >= 11 is 0. The summed E-state index contributed by atoms with van der Waals surface area (Å²) in [5.74, 6) is -0.00635. The largest absolute Gasteiger partial charge is 0.497 e. The maximum Gasteiger partial charge on any atom is 0.418 e. The van der Waals surface area contributed by atoms with E-state index >= 15 is 0 Å². The fourth-order valence-electron chi connectivity index (χ4n) is 3.35. The van der Waals surface area contributed by atoms with Crippen LogP contribution in [-0.4, -0.2) is 53.5 Å². The van der Waals surface area contributed by atoms with Crippen molar-refractivity contribution in [3.8, 4) is 5.75 Å². The third-order valence-corrected chi connectivity index (χ3v) is 4.67. The molecule has 0 radical (unpaired) electrons. The van der Waals surface area contributed by atoms with Crippen molar-refractivity contribution in [2.24, 2.45) is 0 Å². The van der Waals surface area contributed by atoms with Crippen LogP contribution < -0.4 is 4.74 Å². The zero-order valence-electron chi connectivity index (χ0n) is 14.7. The molecule has 2 fully saturated rings. The predicted octanol–water partition coefficient (Wildman–Crippen LogP) is 2.12. The third kappa shape index (κ3) is 3.18. The maximum atomic E-state index is 12.7. The summed E-state index contributed by atoms with van der Waals surface area (Å²) < 4.78 is 10.3. The van der Waals surface area contributed by atoms with Crippen molar-refractivity contribution in [3.05, 3.63) is 29.8 Å². The molecular formula is C18H22N2O5. The van der Waals surface area contributed by atoms with Gasteiger partial charge >= 0.3 is 6.09 Å². The van der Waals surface area contributed by atoms with Crippen LogP contribution in [0.15, 0.2) is 24.3 Å². The lowest BCUT2D eigenvalue weighted by Crippen LogP contribution is -2.44. The topological polar surface area (TPSA) is 76.2 Å². The van der Waals surface area contributed by atoms with Gasteiger partial charge in [-0.05, 0) is 44.4 Å². The highest BCUT2D eigenvalue weighted by atomic mass is 16.6. The number of methoxy groups -OCH3 is 1. The number of carbonyl (C=O) groups excluding carboxylic acids is 3. The molecule has 0 aliphatic carbocycles. The van der Waals surface area contributed by atoms with Gasteiger partial charge in [0.15, 0.2) is 5.60 Å². The molecule has 1 atom stereocenters. The second kappa shape index (κ2) is 6.38. The molecule has 2 heterocycles. The number of likely N-dealkylation sites (tertiary alicyclic amines) is 1. The first-order valence-corrected chi connectivity index (χ1v) is 8.32. The molecule has 2 saturated heterocycles. The van der Waals surface area contributed by atoms with E-state index in [4.69, 9.17) is 9.47 Å². The molecule has 3 rings (SSSR count). The van der Waals surface area contributed by atoms with Crippen LogP contribution in [0.1, 0.15) is 38.3 Å². The quantitative estimate of drug-likeness (QED) is 0.835. The van der Waals surface area contributed by atoms with E-state index in [0.29, 0.717) is 6.54 Å². The first kappa shape index (κ1) is 17.3. The summed E-state index contributed by atoms with van der Waals surface area (Å²) in [6.07, 6.45) is 0.945. The lowest BCUT2D eigenvalue weighted by Gasteiger charge is -2.26. The van der Waals surface area contributed by atoms with Crippen LogP contribution in [0.25, 0.3) is 0 Å². The Morgan fingerprint density at radius 2 is 2.12 bits per heavy atom. The number of hydrogen-bond acceptors (Lipinski definition) is 5. The van der Waals surface area contributed by atoms with Crippen molar-refractivity contribution < 1.29 is 23.9 Å². The minimum absolute atomic E-state index is 0.0793. The first-order valence-electron chi connectivity index (χ1n) is 8.32. The summed E-state index contributed by atoms with van der Waals surface area (Å²) in [5.41, 5.74) is -0.227. The summed E-state index contributed by atoms with van der Waals surface area (Å²) in [6.45, 7) is 3.35. The Bertz CT molecular complexity index is 715. The molecule has 3 amide bonds. The highest BCUT2D eigenvalue weighted by molar-refractivity contribution is 6.04. The molecule has 0 bridgehead atoms. The maximum absolute atomic E-state index is 12.7. The van der Waals surface area contributed by atoms with Crippen molar-refractivity contribution in [1.82, 2.24) is 9.80 Å². The van der Waals surface area contributed by atoms with E-state index in [1.54, 1.807) is 12.0 Å². The summed E-state index contributed by atoms with van der Waals surface area (Å²) in [5, 5.41) is 0. The summed E-state index contributed by atoms with van der Waals surface area (Å²) in [7, 11) is 1.60. The molecule has 1 aromatic rings. The van der Waals surface area contributed by atoms with Gasteiger partial charge in [0, 0.05) is 6.54 Å². The summed E-state index contributed by atoms with van der Waals surface area (Å²) in [4.78, 5) is 39.4. The highest BCUT2D eigenvalue weighted by Gasteiger charge is 2.48. The number of imide groups is 1. The predicted molar refractivity (Wildman–Crippen MR) is 89.0 cm³/mol. The Hall–Kier alpha value is -2.57. The van der Waals surface area contributed by atoms with Gasteiger partial charge in [-0.25, -0.2) is 9.69 Å². The number of rotatable bonds is 4. The van der Waals surface area contributed by atoms with Crippen LogP contribution >= 0.6 is 0 Å². The van der Waals surface area contributed by atoms with Gasteiger partial charge in [0.2, 0.25) is 5.91 Å². The molecule has 0 N–H and O–H groups in total. The van der Waals surface area contributed by atoms with E-state index in [1.165, 1.54) is 13.8 Å². The number of cyclic esters (lactones) is 1. The Morgan fingerprint density at radius 1 is 1.36 bits per heavy atom. The lowest BCUT2D eigenvalue weighted by molar-refractivity contribution is -0.140. The number of carbonyl (C=O) groups is 3. The van der Waals surface area contributed by atoms with E-state index in [1.807, 2.05) is 24.3 Å². The molecule has 7 heteroatoms. The van der Waals surface area contributed by atoms with Gasteiger partial charge in [-0.1, -0.05) is 12.1 Å². The van der Waals surface area contributed by atoms with E-state index < -0.39 is 17.6 Å². The molecule has 2 aliphatic rings. The zero-order valence-corrected chi connectivity index (χ0v) is 14.7. The SMILES string of the molecule is COc1cccc([C@@H]2CCCN2C(=O)CN2C(=O)OC(C)(C)C2=O)c1. The van der Waals surface area contributed by atoms with Crippen molar-refractivity contribution in [3.63, 3.8) is 0 Å². The molecule has 2 aliphatic heterocycles. The molecular weight excluding hydrogens is 324 g/mol. The Morgan fingerprint density at radius 3 is 2.76 bits per heavy atom. The molecule has 0 saturated carbocycles. The number of hydrogen-bond donors (Lipinski definition) is 0. The molecule has 7 nitrogen and oxygen atoms in total. The van der Waals surface area contributed by atoms with Crippen LogP contribution in [0.4, 0.5) is 4.79 Å². The van der Waals surface area contributed by atoms with Crippen molar-refractivity contribution in [1.29, 1.82) is 0 Å². The van der Waals surface area contributed by atoms with E-state index in [-0.39, 0.29) is 18.5 Å². The monoisotopic (exact) mass is 346 g/mol. The summed E-state index contributed by atoms with van der Waals surface area (Å²) in [6, 6.07) is 7.53. The average molecular weight is 346 g/mol.